The molecule has 0 N–H and O–H groups in total. The highest BCUT2D eigenvalue weighted by molar-refractivity contribution is 6.46. The number of carbonyl (C=O) groups is 3. The van der Waals surface area contributed by atoms with E-state index in [0.29, 0.717) is 17.2 Å². The lowest BCUT2D eigenvalue weighted by molar-refractivity contribution is -0.132. The van der Waals surface area contributed by atoms with Gasteiger partial charge < -0.3 is 14.2 Å². The Morgan fingerprint density at radius 1 is 0.444 bits per heavy atom. The number of benzene rings is 7. The first-order valence-electron chi connectivity index (χ1n) is 11.6. The summed E-state index contributed by atoms with van der Waals surface area (Å²) in [6, 6.07) is 17.3. The van der Waals surface area contributed by atoms with Crippen LogP contribution in [0.25, 0.3) is 64.6 Å². The topological polar surface area (TPSA) is 78.9 Å². The molecule has 7 aromatic carbocycles. The van der Waals surface area contributed by atoms with Gasteiger partial charge in [-0.25, -0.2) is 0 Å². The monoisotopic (exact) mass is 474 g/mol. The van der Waals surface area contributed by atoms with Crippen LogP contribution >= 0.6 is 0 Å². The molecule has 0 atom stereocenters. The number of esters is 3. The molecular formula is C30H18O6. The smallest absolute Gasteiger partial charge is 0.308 e. The molecule has 7 rings (SSSR count). The molecule has 0 heterocycles. The van der Waals surface area contributed by atoms with Crippen molar-refractivity contribution in [3.8, 4) is 17.2 Å². The summed E-state index contributed by atoms with van der Waals surface area (Å²) in [7, 11) is 0. The fraction of sp³-hybridized carbons (Fsp3) is 0.100. The number of ether oxygens (including phenoxy) is 3. The van der Waals surface area contributed by atoms with E-state index in [1.54, 1.807) is 0 Å². The third-order valence-corrected chi connectivity index (χ3v) is 6.88. The van der Waals surface area contributed by atoms with E-state index in [1.807, 2.05) is 54.6 Å². The summed E-state index contributed by atoms with van der Waals surface area (Å²) in [6.45, 7) is 4.16. The van der Waals surface area contributed by atoms with Crippen LogP contribution in [0.1, 0.15) is 20.8 Å². The minimum absolute atomic E-state index is 0.399. The molecule has 0 aliphatic rings. The third kappa shape index (κ3) is 2.64. The summed E-state index contributed by atoms with van der Waals surface area (Å²) in [6.07, 6.45) is 0. The molecule has 174 valence electrons. The molecule has 0 unspecified atom stereocenters. The van der Waals surface area contributed by atoms with Crippen molar-refractivity contribution in [3.05, 3.63) is 54.6 Å². The Kier molecular flexibility index (Phi) is 3.97. The van der Waals surface area contributed by atoms with Crippen LogP contribution in [0.4, 0.5) is 0 Å². The second-order valence-electron chi connectivity index (χ2n) is 9.16. The predicted molar refractivity (Wildman–Crippen MR) is 139 cm³/mol. The molecule has 36 heavy (non-hydrogen) atoms. The Labute approximate surface area is 203 Å². The fourth-order valence-corrected chi connectivity index (χ4v) is 5.80. The van der Waals surface area contributed by atoms with E-state index in [0.717, 1.165) is 64.6 Å². The normalized spacial score (nSPS) is 12.1. The predicted octanol–water partition coefficient (Wildman–Crippen LogP) is 6.70. The molecule has 0 radical (unpaired) electrons. The molecular weight excluding hydrogens is 456 g/mol. The van der Waals surface area contributed by atoms with Crippen molar-refractivity contribution in [1.29, 1.82) is 0 Å². The van der Waals surface area contributed by atoms with Gasteiger partial charge in [0.1, 0.15) is 17.2 Å². The number of hydrogen-bond donors (Lipinski definition) is 0. The van der Waals surface area contributed by atoms with Gasteiger partial charge in [0.15, 0.2) is 0 Å². The lowest BCUT2D eigenvalue weighted by atomic mass is 9.82. The zero-order valence-corrected chi connectivity index (χ0v) is 19.6. The van der Waals surface area contributed by atoms with Crippen molar-refractivity contribution < 1.29 is 28.6 Å². The van der Waals surface area contributed by atoms with Gasteiger partial charge in [0.25, 0.3) is 0 Å². The maximum absolute atomic E-state index is 12.0. The van der Waals surface area contributed by atoms with Gasteiger partial charge >= 0.3 is 17.9 Å². The Morgan fingerprint density at radius 2 is 0.722 bits per heavy atom. The molecule has 0 aliphatic heterocycles. The van der Waals surface area contributed by atoms with Gasteiger partial charge in [0, 0.05) is 53.1 Å². The standard InChI is InChI=1S/C30H18O6/c1-13(31)34-22-10-16-5-8-20-24(36-15(3)33)12-18-6-9-21-23(35-14(2)32)11-17-4-7-19(22)28-25(16)29(20)27(18)30(21)26(17)28/h4-12H,1-3H3. The summed E-state index contributed by atoms with van der Waals surface area (Å²) in [5.74, 6) is 0.248. The second-order valence-corrected chi connectivity index (χ2v) is 9.16. The minimum Gasteiger partial charge on any atom is -0.426 e. The summed E-state index contributed by atoms with van der Waals surface area (Å²) in [5, 5.41) is 11.0. The number of rotatable bonds is 3. The maximum atomic E-state index is 12.0. The van der Waals surface area contributed by atoms with Crippen LogP contribution in [-0.2, 0) is 14.4 Å². The van der Waals surface area contributed by atoms with E-state index < -0.39 is 17.9 Å². The van der Waals surface area contributed by atoms with Crippen molar-refractivity contribution in [3.63, 3.8) is 0 Å². The zero-order valence-electron chi connectivity index (χ0n) is 19.6. The Hall–Kier alpha value is -4.71. The van der Waals surface area contributed by atoms with Crippen LogP contribution in [0, 0.1) is 0 Å². The van der Waals surface area contributed by atoms with Gasteiger partial charge in [-0.15, -0.1) is 0 Å². The van der Waals surface area contributed by atoms with Crippen molar-refractivity contribution in [2.75, 3.05) is 0 Å². The average molecular weight is 474 g/mol. The highest BCUT2D eigenvalue weighted by atomic mass is 16.5. The maximum Gasteiger partial charge on any atom is 0.308 e. The molecule has 0 saturated heterocycles. The van der Waals surface area contributed by atoms with E-state index in [2.05, 4.69) is 0 Å². The Balaban J connectivity index is 1.81. The van der Waals surface area contributed by atoms with Gasteiger partial charge in [0.05, 0.1) is 0 Å². The molecule has 6 heteroatoms. The molecule has 0 amide bonds. The van der Waals surface area contributed by atoms with Gasteiger partial charge in [-0.1, -0.05) is 18.2 Å². The number of carbonyl (C=O) groups excluding carboxylic acids is 3. The lowest BCUT2D eigenvalue weighted by Crippen LogP contribution is -2.05. The van der Waals surface area contributed by atoms with E-state index in [4.69, 9.17) is 14.2 Å². The Morgan fingerprint density at radius 3 is 0.972 bits per heavy atom. The highest BCUT2D eigenvalue weighted by Gasteiger charge is 2.25. The first kappa shape index (κ1) is 20.6. The molecule has 0 saturated carbocycles. The van der Waals surface area contributed by atoms with Crippen molar-refractivity contribution in [2.45, 2.75) is 20.8 Å². The van der Waals surface area contributed by atoms with E-state index in [1.165, 1.54) is 20.8 Å². The van der Waals surface area contributed by atoms with Crippen LogP contribution in [0.3, 0.4) is 0 Å². The van der Waals surface area contributed by atoms with Gasteiger partial charge in [-0.3, -0.25) is 14.4 Å². The summed E-state index contributed by atoms with van der Waals surface area (Å²) >= 11 is 0. The minimum atomic E-state index is -0.399. The summed E-state index contributed by atoms with van der Waals surface area (Å²) in [5.41, 5.74) is 0. The Bertz CT molecular complexity index is 1790. The molecule has 0 bridgehead atoms. The average Bonchev–Trinajstić information content (AvgIpc) is 2.81. The molecule has 0 fully saturated rings. The van der Waals surface area contributed by atoms with Crippen LogP contribution in [0.15, 0.2) is 54.6 Å². The van der Waals surface area contributed by atoms with Crippen molar-refractivity contribution in [1.82, 2.24) is 0 Å². The summed E-state index contributed by atoms with van der Waals surface area (Å²) in [4.78, 5) is 35.9. The van der Waals surface area contributed by atoms with Crippen LogP contribution < -0.4 is 14.2 Å². The van der Waals surface area contributed by atoms with Gasteiger partial charge in [0.2, 0.25) is 0 Å². The second kappa shape index (κ2) is 6.92. The first-order valence-corrected chi connectivity index (χ1v) is 11.6. The molecule has 6 nitrogen and oxygen atoms in total. The van der Waals surface area contributed by atoms with Gasteiger partial charge in [-0.05, 0) is 68.7 Å². The van der Waals surface area contributed by atoms with Crippen LogP contribution in [0.2, 0.25) is 0 Å². The van der Waals surface area contributed by atoms with Gasteiger partial charge in [-0.2, -0.15) is 0 Å². The SMILES string of the molecule is CC(=O)Oc1cc2ccc3c(OC(C)=O)cc4ccc5c(OC(C)=O)cc6ccc1c1c6c5c4c3c21. The van der Waals surface area contributed by atoms with E-state index >= 15 is 0 Å². The fourth-order valence-electron chi connectivity index (χ4n) is 5.80. The highest BCUT2D eigenvalue weighted by Crippen LogP contribution is 2.53. The molecule has 0 aliphatic carbocycles. The molecule has 0 aromatic heterocycles. The summed E-state index contributed by atoms with van der Waals surface area (Å²) < 4.78 is 16.9. The van der Waals surface area contributed by atoms with E-state index in [9.17, 15) is 14.4 Å². The lowest BCUT2D eigenvalue weighted by Gasteiger charge is -2.23. The van der Waals surface area contributed by atoms with E-state index in [-0.39, 0.29) is 0 Å². The molecule has 0 spiro atoms. The zero-order chi connectivity index (χ0) is 24.9. The first-order chi connectivity index (χ1) is 17.3. The van der Waals surface area contributed by atoms with Crippen molar-refractivity contribution >= 4 is 82.5 Å². The quantitative estimate of drug-likeness (QED) is 0.123. The number of hydrogen-bond acceptors (Lipinski definition) is 6. The van der Waals surface area contributed by atoms with Crippen molar-refractivity contribution in [2.24, 2.45) is 0 Å². The third-order valence-electron chi connectivity index (χ3n) is 6.88. The van der Waals surface area contributed by atoms with Crippen LogP contribution in [0.5, 0.6) is 17.2 Å². The molecule has 7 aromatic rings. The largest absolute Gasteiger partial charge is 0.426 e. The van der Waals surface area contributed by atoms with Crippen LogP contribution in [-0.4, -0.2) is 17.9 Å².